The molecule has 1 amide bonds. The maximum absolute atomic E-state index is 13.8. The monoisotopic (exact) mass is 461 g/mol. The van der Waals surface area contributed by atoms with Crippen LogP contribution in [-0.4, -0.2) is 59.3 Å². The number of fused-ring (bicyclic) bond motifs is 1. The van der Waals surface area contributed by atoms with Crippen LogP contribution in [0.2, 0.25) is 0 Å². The predicted molar refractivity (Wildman–Crippen MR) is 125 cm³/mol. The van der Waals surface area contributed by atoms with Crippen LogP contribution in [0.3, 0.4) is 0 Å². The molecule has 33 heavy (non-hydrogen) atoms. The number of hydrogen-bond donors (Lipinski definition) is 4. The lowest BCUT2D eigenvalue weighted by Crippen LogP contribution is -2.36. The summed E-state index contributed by atoms with van der Waals surface area (Å²) in [6, 6.07) is 4.37. The maximum Gasteiger partial charge on any atom is 0.227 e. The zero-order valence-corrected chi connectivity index (χ0v) is 20.1. The van der Waals surface area contributed by atoms with E-state index in [1.807, 2.05) is 13.8 Å². The number of carbonyl (C=O) groups is 2. The average Bonchev–Trinajstić information content (AvgIpc) is 3.19. The van der Waals surface area contributed by atoms with Crippen LogP contribution in [0.1, 0.15) is 57.9 Å². The normalized spacial score (nSPS) is 25.8. The fourth-order valence-electron chi connectivity index (χ4n) is 5.17. The zero-order chi connectivity index (χ0) is 24.4. The summed E-state index contributed by atoms with van der Waals surface area (Å²) < 4.78 is 13.8. The number of carbonyl (C=O) groups excluding carboxylic acids is 2. The summed E-state index contributed by atoms with van der Waals surface area (Å²) >= 11 is 0. The Morgan fingerprint density at radius 1 is 1.24 bits per heavy atom. The predicted octanol–water partition coefficient (Wildman–Crippen LogP) is 2.75. The van der Waals surface area contributed by atoms with Gasteiger partial charge in [-0.25, -0.2) is 4.39 Å². The molecule has 0 saturated carbocycles. The number of Topliss-reactive ketones (excluding diaryl/α,β-unsaturated/α-hetero) is 1. The Labute approximate surface area is 195 Å². The molecule has 2 aliphatic rings. The van der Waals surface area contributed by atoms with Crippen molar-refractivity contribution in [2.75, 3.05) is 19.4 Å². The van der Waals surface area contributed by atoms with Crippen molar-refractivity contribution in [2.45, 2.75) is 70.7 Å². The average molecular weight is 462 g/mol. The van der Waals surface area contributed by atoms with E-state index in [9.17, 15) is 24.2 Å². The van der Waals surface area contributed by atoms with Crippen molar-refractivity contribution < 1.29 is 24.2 Å². The third kappa shape index (κ3) is 5.38. The highest BCUT2D eigenvalue weighted by Gasteiger charge is 2.38. The molecule has 0 saturated heterocycles. The summed E-state index contributed by atoms with van der Waals surface area (Å²) in [7, 11) is 3.32. The Morgan fingerprint density at radius 3 is 2.58 bits per heavy atom. The number of allylic oxidation sites excluding steroid dienone is 1. The molecule has 1 aromatic carbocycles. The van der Waals surface area contributed by atoms with E-state index in [4.69, 9.17) is 0 Å². The summed E-state index contributed by atoms with van der Waals surface area (Å²) in [5.41, 5.74) is 3.32. The van der Waals surface area contributed by atoms with E-state index in [0.717, 1.165) is 22.5 Å². The van der Waals surface area contributed by atoms with Crippen LogP contribution in [0.15, 0.2) is 29.5 Å². The van der Waals surface area contributed by atoms with Gasteiger partial charge < -0.3 is 25.7 Å². The second-order valence-electron chi connectivity index (χ2n) is 9.64. The van der Waals surface area contributed by atoms with Crippen molar-refractivity contribution in [2.24, 2.45) is 11.8 Å². The fourth-order valence-corrected chi connectivity index (χ4v) is 5.17. The molecule has 4 N–H and O–H groups in total. The second kappa shape index (κ2) is 10.2. The van der Waals surface area contributed by atoms with E-state index in [1.165, 1.54) is 17.0 Å². The number of nitrogens with one attached hydrogen (secondary N) is 2. The van der Waals surface area contributed by atoms with Crippen molar-refractivity contribution in [1.82, 2.24) is 10.2 Å². The van der Waals surface area contributed by atoms with Crippen LogP contribution in [0.5, 0.6) is 0 Å². The first kappa shape index (κ1) is 25.2. The van der Waals surface area contributed by atoms with Gasteiger partial charge in [0.05, 0.1) is 17.9 Å². The summed E-state index contributed by atoms with van der Waals surface area (Å²) in [5, 5.41) is 26.9. The lowest BCUT2D eigenvalue weighted by atomic mass is 9.86. The highest BCUT2D eigenvalue weighted by atomic mass is 19.1. The molecule has 182 valence electrons. The summed E-state index contributed by atoms with van der Waals surface area (Å²) in [6.07, 6.45) is 0.193. The molecular formula is C25H36FN3O4. The second-order valence-corrected chi connectivity index (χ2v) is 9.64. The van der Waals surface area contributed by atoms with Crippen molar-refractivity contribution in [3.63, 3.8) is 0 Å². The first-order valence-electron chi connectivity index (χ1n) is 11.6. The van der Waals surface area contributed by atoms with E-state index in [0.29, 0.717) is 25.7 Å². The van der Waals surface area contributed by atoms with E-state index in [-0.39, 0.29) is 35.4 Å². The fraction of sp³-hybridized carbons (Fsp3) is 0.600. The van der Waals surface area contributed by atoms with Crippen molar-refractivity contribution in [1.29, 1.82) is 0 Å². The Morgan fingerprint density at radius 2 is 1.94 bits per heavy atom. The number of amides is 1. The number of rotatable bonds is 9. The molecule has 0 bridgehead atoms. The zero-order valence-electron chi connectivity index (χ0n) is 20.1. The molecule has 0 aliphatic carbocycles. The van der Waals surface area contributed by atoms with Crippen molar-refractivity contribution >= 4 is 17.4 Å². The molecule has 8 heteroatoms. The van der Waals surface area contributed by atoms with E-state index in [1.54, 1.807) is 27.1 Å². The van der Waals surface area contributed by atoms with Gasteiger partial charge in [-0.05, 0) is 69.4 Å². The summed E-state index contributed by atoms with van der Waals surface area (Å²) in [4.78, 5) is 26.8. The van der Waals surface area contributed by atoms with Crippen molar-refractivity contribution in [3.8, 4) is 0 Å². The number of halogens is 1. The molecule has 1 aromatic rings. The number of nitrogens with zero attached hydrogens (tertiary/aromatic N) is 1. The molecule has 0 spiro atoms. The molecule has 7 nitrogen and oxygen atoms in total. The molecule has 2 aliphatic heterocycles. The van der Waals surface area contributed by atoms with Gasteiger partial charge in [0, 0.05) is 43.9 Å². The smallest absolute Gasteiger partial charge is 0.227 e. The van der Waals surface area contributed by atoms with E-state index in [2.05, 4.69) is 10.6 Å². The van der Waals surface area contributed by atoms with Crippen LogP contribution in [0, 0.1) is 17.7 Å². The minimum absolute atomic E-state index is 0.0815. The number of hydrogen-bond acceptors (Lipinski definition) is 6. The van der Waals surface area contributed by atoms with Gasteiger partial charge in [-0.3, -0.25) is 9.59 Å². The van der Waals surface area contributed by atoms with Gasteiger partial charge in [0.25, 0.3) is 0 Å². The SMILES string of the molecule is CC1=C(CC2c3cc(F)ccc3NC2O)NC(C)C1C(=O)CCCC(C(=O)N(C)C)C(C)O. The number of benzene rings is 1. The Kier molecular flexibility index (Phi) is 7.80. The molecule has 3 rings (SSSR count). The molecule has 0 fully saturated rings. The van der Waals surface area contributed by atoms with Gasteiger partial charge in [0.15, 0.2) is 0 Å². The lowest BCUT2D eigenvalue weighted by molar-refractivity contribution is -0.137. The number of aliphatic hydroxyl groups is 2. The van der Waals surface area contributed by atoms with E-state index < -0.39 is 18.2 Å². The minimum atomic E-state index is -0.819. The molecule has 0 radical (unpaired) electrons. The minimum Gasteiger partial charge on any atom is -0.393 e. The highest BCUT2D eigenvalue weighted by molar-refractivity contribution is 5.85. The lowest BCUT2D eigenvalue weighted by Gasteiger charge is -2.23. The standard InChI is InChI=1S/C25H36FN3O4/c1-13-21(12-19-18-11-16(26)9-10-20(18)28-24(19)32)27-14(2)23(13)22(31)8-6-7-17(15(3)30)25(33)29(4)5/h9-11,14-15,17,19,23-24,27-28,30,32H,6-8,12H2,1-5H3. The van der Waals surface area contributed by atoms with Crippen molar-refractivity contribution in [3.05, 3.63) is 40.8 Å². The van der Waals surface area contributed by atoms with Gasteiger partial charge in [-0.15, -0.1) is 0 Å². The third-order valence-electron chi connectivity index (χ3n) is 6.99. The van der Waals surface area contributed by atoms with Gasteiger partial charge in [-0.1, -0.05) is 0 Å². The first-order valence-corrected chi connectivity index (χ1v) is 11.6. The van der Waals surface area contributed by atoms with Crippen LogP contribution >= 0.6 is 0 Å². The topological polar surface area (TPSA) is 102 Å². The quantitative estimate of drug-likeness (QED) is 0.451. The van der Waals surface area contributed by atoms with E-state index >= 15 is 0 Å². The summed E-state index contributed by atoms with van der Waals surface area (Å²) in [5.74, 6) is -1.49. The molecule has 6 atom stereocenters. The number of anilines is 1. The van der Waals surface area contributed by atoms with Gasteiger partial charge in [-0.2, -0.15) is 0 Å². The Bertz CT molecular complexity index is 930. The van der Waals surface area contributed by atoms with Crippen LogP contribution in [0.25, 0.3) is 0 Å². The van der Waals surface area contributed by atoms with Gasteiger partial charge in [0.1, 0.15) is 17.8 Å². The highest BCUT2D eigenvalue weighted by Crippen LogP contribution is 2.41. The van der Waals surface area contributed by atoms with Gasteiger partial charge in [0.2, 0.25) is 5.91 Å². The van der Waals surface area contributed by atoms with Crippen LogP contribution in [-0.2, 0) is 9.59 Å². The number of ketones is 1. The van der Waals surface area contributed by atoms with Crippen LogP contribution in [0.4, 0.5) is 10.1 Å². The summed E-state index contributed by atoms with van der Waals surface area (Å²) in [6.45, 7) is 5.50. The molecule has 2 heterocycles. The van der Waals surface area contributed by atoms with Crippen LogP contribution < -0.4 is 10.6 Å². The molecular weight excluding hydrogens is 425 g/mol. The first-order chi connectivity index (χ1) is 15.5. The maximum atomic E-state index is 13.8. The molecule has 6 unspecified atom stereocenters. The molecule has 0 aromatic heterocycles. The Hall–Kier alpha value is -2.45. The number of aliphatic hydroxyl groups excluding tert-OH is 2. The largest absolute Gasteiger partial charge is 0.393 e. The Balaban J connectivity index is 1.65. The van der Waals surface area contributed by atoms with Gasteiger partial charge >= 0.3 is 0 Å². The third-order valence-corrected chi connectivity index (χ3v) is 6.99.